The highest BCUT2D eigenvalue weighted by atomic mass is 79.9. The van der Waals surface area contributed by atoms with Crippen LogP contribution in [0.3, 0.4) is 0 Å². The summed E-state index contributed by atoms with van der Waals surface area (Å²) >= 11 is 3.52. The fourth-order valence-corrected chi connectivity index (χ4v) is 5.50. The minimum Gasteiger partial charge on any atom is -0.351 e. The summed E-state index contributed by atoms with van der Waals surface area (Å²) in [4.78, 5) is 16.0. The van der Waals surface area contributed by atoms with Gasteiger partial charge in [-0.2, -0.15) is 10.5 Å². The van der Waals surface area contributed by atoms with Gasteiger partial charge in [0.1, 0.15) is 6.04 Å². The minimum atomic E-state index is -1.43. The molecule has 0 saturated carbocycles. The number of carbonyl (C=O) groups is 1. The summed E-state index contributed by atoms with van der Waals surface area (Å²) in [6, 6.07) is 27.9. The van der Waals surface area contributed by atoms with Crippen molar-refractivity contribution in [3.05, 3.63) is 106 Å². The predicted molar refractivity (Wildman–Crippen MR) is 127 cm³/mol. The highest BCUT2D eigenvalue weighted by Gasteiger charge is 2.63. The maximum Gasteiger partial charge on any atom is 0.185 e. The van der Waals surface area contributed by atoms with Gasteiger partial charge in [-0.25, -0.2) is 0 Å². The molecule has 1 fully saturated rings. The predicted octanol–water partition coefficient (Wildman–Crippen LogP) is 5.73. The van der Waals surface area contributed by atoms with E-state index >= 15 is 0 Å². The lowest BCUT2D eigenvalue weighted by molar-refractivity contribution is 0.0951. The molecule has 3 aromatic rings. The Hall–Kier alpha value is -3.67. The topological polar surface area (TPSA) is 67.9 Å². The largest absolute Gasteiger partial charge is 0.351 e. The Kier molecular flexibility index (Phi) is 4.93. The lowest BCUT2D eigenvalue weighted by Gasteiger charge is -2.35. The van der Waals surface area contributed by atoms with Gasteiger partial charge in [0.2, 0.25) is 0 Å². The molecule has 0 aliphatic carbocycles. The van der Waals surface area contributed by atoms with E-state index in [2.05, 4.69) is 28.1 Å². The van der Waals surface area contributed by atoms with Crippen molar-refractivity contribution in [3.8, 4) is 12.1 Å². The van der Waals surface area contributed by atoms with Gasteiger partial charge in [-0.15, -0.1) is 0 Å². The molecule has 0 spiro atoms. The summed E-state index contributed by atoms with van der Waals surface area (Å²) in [5.74, 6) is -0.735. The summed E-state index contributed by atoms with van der Waals surface area (Å²) in [7, 11) is 0. The van der Waals surface area contributed by atoms with Crippen LogP contribution in [-0.2, 0) is 0 Å². The number of halogens is 1. The Bertz CT molecular complexity index is 1300. The first-order valence-corrected chi connectivity index (χ1v) is 11.1. The quantitative estimate of drug-likeness (QED) is 0.449. The number of hydrogen-bond acceptors (Lipinski definition) is 4. The Morgan fingerprint density at radius 2 is 1.66 bits per heavy atom. The molecular formula is C27H18BrN3O. The number of hydrogen-bond donors (Lipinski definition) is 0. The third-order valence-corrected chi connectivity index (χ3v) is 6.94. The molecule has 2 aliphatic heterocycles. The average molecular weight is 480 g/mol. The highest BCUT2D eigenvalue weighted by molar-refractivity contribution is 9.10. The molecule has 5 heteroatoms. The third-order valence-electron chi connectivity index (χ3n) is 6.45. The zero-order valence-corrected chi connectivity index (χ0v) is 18.6. The number of anilines is 1. The van der Waals surface area contributed by atoms with Gasteiger partial charge in [-0.3, -0.25) is 4.79 Å². The number of Topliss-reactive ketones (excluding diaryl/α,β-unsaturated/α-hetero) is 1. The molecule has 32 heavy (non-hydrogen) atoms. The molecule has 3 atom stereocenters. The van der Waals surface area contributed by atoms with Crippen LogP contribution in [0.2, 0.25) is 0 Å². The average Bonchev–Trinajstić information content (AvgIpc) is 3.15. The monoisotopic (exact) mass is 479 g/mol. The number of fused-ring (bicyclic) bond motifs is 3. The van der Waals surface area contributed by atoms with Gasteiger partial charge in [0.15, 0.2) is 11.2 Å². The lowest BCUT2D eigenvalue weighted by atomic mass is 9.69. The molecule has 3 aromatic carbocycles. The molecule has 2 aliphatic rings. The van der Waals surface area contributed by atoms with E-state index in [1.165, 1.54) is 0 Å². The molecule has 0 bridgehead atoms. The number of rotatable bonds is 3. The Morgan fingerprint density at radius 1 is 0.938 bits per heavy atom. The number of para-hydroxylation sites is 1. The van der Waals surface area contributed by atoms with Crippen LogP contribution < -0.4 is 4.90 Å². The second-order valence-electron chi connectivity index (χ2n) is 8.07. The Balaban J connectivity index is 1.80. The van der Waals surface area contributed by atoms with Crippen molar-refractivity contribution in [2.24, 2.45) is 5.41 Å². The van der Waals surface area contributed by atoms with Crippen LogP contribution >= 0.6 is 15.9 Å². The van der Waals surface area contributed by atoms with Gasteiger partial charge in [-0.1, -0.05) is 88.7 Å². The molecule has 154 valence electrons. The molecule has 1 saturated heterocycles. The maximum absolute atomic E-state index is 14.0. The van der Waals surface area contributed by atoms with Crippen LogP contribution in [0.1, 0.15) is 27.4 Å². The van der Waals surface area contributed by atoms with Crippen LogP contribution in [-0.4, -0.2) is 17.9 Å². The zero-order valence-electron chi connectivity index (χ0n) is 17.0. The summed E-state index contributed by atoms with van der Waals surface area (Å²) in [6.45, 7) is 0. The Labute approximate surface area is 195 Å². The van der Waals surface area contributed by atoms with Crippen molar-refractivity contribution in [3.63, 3.8) is 0 Å². The van der Waals surface area contributed by atoms with Crippen LogP contribution in [0.15, 0.2) is 89.4 Å². The van der Waals surface area contributed by atoms with E-state index in [4.69, 9.17) is 0 Å². The van der Waals surface area contributed by atoms with Crippen molar-refractivity contribution in [1.29, 1.82) is 10.5 Å². The van der Waals surface area contributed by atoms with E-state index < -0.39 is 23.4 Å². The first kappa shape index (κ1) is 20.2. The second kappa shape index (κ2) is 7.79. The van der Waals surface area contributed by atoms with Gasteiger partial charge in [0.05, 0.1) is 18.2 Å². The van der Waals surface area contributed by atoms with Gasteiger partial charge in [-0.05, 0) is 29.3 Å². The normalized spacial score (nSPS) is 22.3. The SMILES string of the molecule is N#CC1(C#N)[C@H](c2cccc(Br)c2)[C@@H](C(=O)c2ccccc2)N2c3ccccc3C=C[C@H]21. The van der Waals surface area contributed by atoms with Crippen LogP contribution in [0.4, 0.5) is 5.69 Å². The lowest BCUT2D eigenvalue weighted by Crippen LogP contribution is -2.44. The number of carbonyl (C=O) groups excluding carboxylic acids is 1. The third kappa shape index (κ3) is 2.90. The molecule has 0 amide bonds. The van der Waals surface area contributed by atoms with Crippen molar-refractivity contribution < 1.29 is 4.79 Å². The summed E-state index contributed by atoms with van der Waals surface area (Å²) in [5, 5.41) is 20.8. The molecule has 0 aromatic heterocycles. The first-order valence-electron chi connectivity index (χ1n) is 10.3. The van der Waals surface area contributed by atoms with Crippen molar-refractivity contribution >= 4 is 33.5 Å². The summed E-state index contributed by atoms with van der Waals surface area (Å²) in [5.41, 5.74) is 1.75. The fourth-order valence-electron chi connectivity index (χ4n) is 5.08. The van der Waals surface area contributed by atoms with Gasteiger partial charge in [0, 0.05) is 21.6 Å². The smallest absolute Gasteiger partial charge is 0.185 e. The highest BCUT2D eigenvalue weighted by Crippen LogP contribution is 2.55. The fraction of sp³-hybridized carbons (Fsp3) is 0.148. The summed E-state index contributed by atoms with van der Waals surface area (Å²) in [6.07, 6.45) is 3.85. The van der Waals surface area contributed by atoms with Crippen molar-refractivity contribution in [1.82, 2.24) is 0 Å². The molecule has 0 unspecified atom stereocenters. The van der Waals surface area contributed by atoms with Gasteiger partial charge >= 0.3 is 0 Å². The number of nitrogens with zero attached hydrogens (tertiary/aromatic N) is 3. The van der Waals surface area contributed by atoms with Crippen molar-refractivity contribution in [2.45, 2.75) is 18.0 Å². The molecular weight excluding hydrogens is 462 g/mol. The zero-order chi connectivity index (χ0) is 22.3. The van der Waals surface area contributed by atoms with E-state index in [9.17, 15) is 15.3 Å². The summed E-state index contributed by atoms with van der Waals surface area (Å²) < 4.78 is 0.839. The first-order chi connectivity index (χ1) is 15.6. The molecule has 5 rings (SSSR count). The minimum absolute atomic E-state index is 0.0990. The van der Waals surface area contributed by atoms with Crippen LogP contribution in [0.5, 0.6) is 0 Å². The van der Waals surface area contributed by atoms with E-state index in [1.54, 1.807) is 12.1 Å². The van der Waals surface area contributed by atoms with E-state index in [0.29, 0.717) is 5.56 Å². The maximum atomic E-state index is 14.0. The standard InChI is InChI=1S/C27H18BrN3O/c28-21-11-6-10-20(15-21)24-25(26(32)19-8-2-1-3-9-19)31-22-12-5-4-7-18(22)13-14-23(31)27(24,16-29)17-30/h1-15,23-25H/t23-,24+,25-/m0/s1. The van der Waals surface area contributed by atoms with Gasteiger partial charge in [0.25, 0.3) is 0 Å². The van der Waals surface area contributed by atoms with Crippen molar-refractivity contribution in [2.75, 3.05) is 4.90 Å². The van der Waals surface area contributed by atoms with E-state index in [0.717, 1.165) is 21.3 Å². The van der Waals surface area contributed by atoms with Gasteiger partial charge < -0.3 is 4.90 Å². The van der Waals surface area contributed by atoms with E-state index in [-0.39, 0.29) is 5.78 Å². The second-order valence-corrected chi connectivity index (χ2v) is 8.99. The van der Waals surface area contributed by atoms with Crippen LogP contribution in [0, 0.1) is 28.1 Å². The van der Waals surface area contributed by atoms with E-state index in [1.807, 2.05) is 83.8 Å². The number of ketones is 1. The van der Waals surface area contributed by atoms with Crippen LogP contribution in [0.25, 0.3) is 6.08 Å². The number of benzene rings is 3. The molecule has 2 heterocycles. The molecule has 0 N–H and O–H groups in total. The Morgan fingerprint density at radius 3 is 2.38 bits per heavy atom. The molecule has 4 nitrogen and oxygen atoms in total. The molecule has 0 radical (unpaired) electrons. The number of nitriles is 2.